The van der Waals surface area contributed by atoms with Crippen molar-refractivity contribution in [1.82, 2.24) is 14.5 Å². The predicted molar refractivity (Wildman–Crippen MR) is 78.5 cm³/mol. The topological polar surface area (TPSA) is 81.1 Å². The Kier molecular flexibility index (Phi) is 4.13. The number of hydrogen-bond acceptors (Lipinski definition) is 4. The lowest BCUT2D eigenvalue weighted by Gasteiger charge is -2.08. The van der Waals surface area contributed by atoms with Crippen molar-refractivity contribution in [3.8, 4) is 0 Å². The molecule has 21 heavy (non-hydrogen) atoms. The zero-order valence-corrected chi connectivity index (χ0v) is 12.9. The molecule has 6 nitrogen and oxygen atoms in total. The summed E-state index contributed by atoms with van der Waals surface area (Å²) in [6.45, 7) is 6.08. The number of benzene rings is 1. The Bertz CT molecular complexity index is 779. The fourth-order valence-electron chi connectivity index (χ4n) is 1.96. The molecule has 0 aliphatic heterocycles. The third-order valence-electron chi connectivity index (χ3n) is 3.10. The summed E-state index contributed by atoms with van der Waals surface area (Å²) in [6.07, 6.45) is 2.61. The highest BCUT2D eigenvalue weighted by molar-refractivity contribution is 7.90. The van der Waals surface area contributed by atoms with Crippen LogP contribution in [0.1, 0.15) is 28.4 Å². The summed E-state index contributed by atoms with van der Waals surface area (Å²) in [5.74, 6) is -0.642. The normalized spacial score (nSPS) is 11.4. The summed E-state index contributed by atoms with van der Waals surface area (Å²) in [5.41, 5.74) is 2.08. The van der Waals surface area contributed by atoms with Crippen molar-refractivity contribution >= 4 is 15.9 Å². The second-order valence-corrected chi connectivity index (χ2v) is 6.47. The van der Waals surface area contributed by atoms with Gasteiger partial charge in [-0.3, -0.25) is 9.48 Å². The van der Waals surface area contributed by atoms with Gasteiger partial charge in [-0.1, -0.05) is 17.7 Å². The van der Waals surface area contributed by atoms with Gasteiger partial charge in [-0.2, -0.15) is 5.10 Å². The van der Waals surface area contributed by atoms with Crippen LogP contribution in [0.15, 0.2) is 35.5 Å². The lowest BCUT2D eigenvalue weighted by molar-refractivity contribution is 0.0981. The molecule has 0 atom stereocenters. The molecule has 0 fully saturated rings. The molecule has 0 radical (unpaired) electrons. The first kappa shape index (κ1) is 15.2. The van der Waals surface area contributed by atoms with Crippen molar-refractivity contribution in [2.45, 2.75) is 32.2 Å². The minimum Gasteiger partial charge on any atom is -0.272 e. The third-order valence-corrected chi connectivity index (χ3v) is 4.38. The van der Waals surface area contributed by atoms with E-state index in [1.807, 2.05) is 19.9 Å². The maximum atomic E-state index is 12.1. The SMILES string of the molecule is CCn1cc(S(=O)(=O)NC(=O)c2ccc(C)cc2C)cn1. The van der Waals surface area contributed by atoms with Gasteiger partial charge < -0.3 is 0 Å². The molecule has 7 heteroatoms. The highest BCUT2D eigenvalue weighted by atomic mass is 32.2. The first-order chi connectivity index (χ1) is 9.83. The number of sulfonamides is 1. The smallest absolute Gasteiger partial charge is 0.267 e. The molecule has 0 bridgehead atoms. The average Bonchev–Trinajstić information content (AvgIpc) is 2.87. The Morgan fingerprint density at radius 1 is 1.33 bits per heavy atom. The summed E-state index contributed by atoms with van der Waals surface area (Å²) < 4.78 is 27.8. The Balaban J connectivity index is 2.25. The number of aryl methyl sites for hydroxylation is 3. The highest BCUT2D eigenvalue weighted by Gasteiger charge is 2.21. The lowest BCUT2D eigenvalue weighted by Crippen LogP contribution is -2.30. The van der Waals surface area contributed by atoms with Gasteiger partial charge in [-0.15, -0.1) is 0 Å². The summed E-state index contributed by atoms with van der Waals surface area (Å²) in [5, 5.41) is 3.90. The lowest BCUT2D eigenvalue weighted by atomic mass is 10.1. The van der Waals surface area contributed by atoms with Crippen LogP contribution in [0, 0.1) is 13.8 Å². The van der Waals surface area contributed by atoms with Gasteiger partial charge in [-0.25, -0.2) is 13.1 Å². The van der Waals surface area contributed by atoms with Crippen LogP contribution in [0.4, 0.5) is 0 Å². The number of amides is 1. The zero-order valence-electron chi connectivity index (χ0n) is 12.1. The van der Waals surface area contributed by atoms with Crippen molar-refractivity contribution in [3.05, 3.63) is 47.3 Å². The largest absolute Gasteiger partial charge is 0.272 e. The van der Waals surface area contributed by atoms with Crippen LogP contribution >= 0.6 is 0 Å². The number of aromatic nitrogens is 2. The van der Waals surface area contributed by atoms with E-state index in [0.29, 0.717) is 12.1 Å². The summed E-state index contributed by atoms with van der Waals surface area (Å²) >= 11 is 0. The van der Waals surface area contributed by atoms with Gasteiger partial charge >= 0.3 is 0 Å². The Morgan fingerprint density at radius 2 is 2.05 bits per heavy atom. The maximum Gasteiger partial charge on any atom is 0.267 e. The molecule has 0 spiro atoms. The van der Waals surface area contributed by atoms with E-state index in [-0.39, 0.29) is 4.90 Å². The molecular weight excluding hydrogens is 290 g/mol. The van der Waals surface area contributed by atoms with Crippen molar-refractivity contribution in [2.75, 3.05) is 0 Å². The van der Waals surface area contributed by atoms with Gasteiger partial charge in [0.1, 0.15) is 4.90 Å². The Morgan fingerprint density at radius 3 is 2.62 bits per heavy atom. The number of carbonyl (C=O) groups is 1. The zero-order chi connectivity index (χ0) is 15.6. The molecule has 1 heterocycles. The fraction of sp³-hybridized carbons (Fsp3) is 0.286. The summed E-state index contributed by atoms with van der Waals surface area (Å²) in [4.78, 5) is 12.1. The third kappa shape index (κ3) is 3.30. The number of rotatable bonds is 4. The molecule has 1 amide bonds. The van der Waals surface area contributed by atoms with Gasteiger partial charge in [0, 0.05) is 18.3 Å². The van der Waals surface area contributed by atoms with E-state index in [4.69, 9.17) is 0 Å². The molecule has 2 rings (SSSR count). The van der Waals surface area contributed by atoms with Crippen LogP contribution in [-0.4, -0.2) is 24.1 Å². The molecule has 0 saturated heterocycles. The number of nitrogens with zero attached hydrogens (tertiary/aromatic N) is 2. The highest BCUT2D eigenvalue weighted by Crippen LogP contribution is 2.13. The predicted octanol–water partition coefficient (Wildman–Crippen LogP) is 1.64. The Hall–Kier alpha value is -2.15. The molecular formula is C14H17N3O3S. The molecule has 0 saturated carbocycles. The molecule has 2 aromatic rings. The number of hydrogen-bond donors (Lipinski definition) is 1. The quantitative estimate of drug-likeness (QED) is 0.931. The van der Waals surface area contributed by atoms with E-state index in [1.165, 1.54) is 17.1 Å². The first-order valence-corrected chi connectivity index (χ1v) is 7.98. The van der Waals surface area contributed by atoms with Crippen LogP contribution < -0.4 is 4.72 Å². The van der Waals surface area contributed by atoms with E-state index in [9.17, 15) is 13.2 Å². The minimum absolute atomic E-state index is 0.0255. The van der Waals surface area contributed by atoms with Crippen LogP contribution in [0.2, 0.25) is 0 Å². The van der Waals surface area contributed by atoms with Crippen LogP contribution in [0.5, 0.6) is 0 Å². The van der Waals surface area contributed by atoms with Gasteiger partial charge in [0.2, 0.25) is 0 Å². The average molecular weight is 307 g/mol. The van der Waals surface area contributed by atoms with Crippen molar-refractivity contribution < 1.29 is 13.2 Å². The minimum atomic E-state index is -3.91. The van der Waals surface area contributed by atoms with Gasteiger partial charge in [0.25, 0.3) is 15.9 Å². The monoisotopic (exact) mass is 307 g/mol. The molecule has 0 aliphatic carbocycles. The van der Waals surface area contributed by atoms with E-state index in [2.05, 4.69) is 9.82 Å². The first-order valence-electron chi connectivity index (χ1n) is 6.50. The summed E-state index contributed by atoms with van der Waals surface area (Å²) in [6, 6.07) is 5.21. The molecule has 0 aliphatic rings. The van der Waals surface area contributed by atoms with Crippen LogP contribution in [0.25, 0.3) is 0 Å². The molecule has 112 valence electrons. The fourth-order valence-corrected chi connectivity index (χ4v) is 2.88. The van der Waals surface area contributed by atoms with Gasteiger partial charge in [-0.05, 0) is 32.4 Å². The summed E-state index contributed by atoms with van der Waals surface area (Å²) in [7, 11) is -3.91. The van der Waals surface area contributed by atoms with E-state index in [1.54, 1.807) is 19.1 Å². The molecule has 1 aromatic carbocycles. The molecule has 1 aromatic heterocycles. The molecule has 1 N–H and O–H groups in total. The van der Waals surface area contributed by atoms with Gasteiger partial charge in [0.05, 0.1) is 6.20 Å². The standard InChI is InChI=1S/C14H17N3O3S/c1-4-17-9-12(8-15-17)21(19,20)16-14(18)13-6-5-10(2)7-11(13)3/h5-9H,4H2,1-3H3,(H,16,18). The second kappa shape index (κ2) is 5.69. The number of nitrogens with one attached hydrogen (secondary N) is 1. The van der Waals surface area contributed by atoms with Crippen molar-refractivity contribution in [3.63, 3.8) is 0 Å². The number of carbonyl (C=O) groups excluding carboxylic acids is 1. The van der Waals surface area contributed by atoms with E-state index < -0.39 is 15.9 Å². The van der Waals surface area contributed by atoms with Crippen LogP contribution in [0.3, 0.4) is 0 Å². The maximum absolute atomic E-state index is 12.1. The van der Waals surface area contributed by atoms with E-state index in [0.717, 1.165) is 11.1 Å². The second-order valence-electron chi connectivity index (χ2n) is 4.78. The Labute approximate surface area is 123 Å². The van der Waals surface area contributed by atoms with Crippen LogP contribution in [-0.2, 0) is 16.6 Å². The molecule has 0 unspecified atom stereocenters. The van der Waals surface area contributed by atoms with E-state index >= 15 is 0 Å². The van der Waals surface area contributed by atoms with Crippen molar-refractivity contribution in [2.24, 2.45) is 0 Å². The van der Waals surface area contributed by atoms with Gasteiger partial charge in [0.15, 0.2) is 0 Å². The van der Waals surface area contributed by atoms with Crippen molar-refractivity contribution in [1.29, 1.82) is 0 Å².